The van der Waals surface area contributed by atoms with Crippen LogP contribution in [0.3, 0.4) is 0 Å². The SMILES string of the molecule is CC[C@H](C)[C@H](Nc1cncc2nncn12)C(=O)O. The number of nitrogens with zero attached hydrogens (tertiary/aromatic N) is 4. The number of aliphatic carboxylic acids is 1. The molecule has 0 radical (unpaired) electrons. The minimum absolute atomic E-state index is 0.00855. The van der Waals surface area contributed by atoms with Crippen LogP contribution in [0, 0.1) is 5.92 Å². The number of carbonyl (C=O) groups is 1. The molecule has 0 saturated heterocycles. The number of carboxylic acids is 1. The van der Waals surface area contributed by atoms with Crippen molar-refractivity contribution in [2.75, 3.05) is 5.32 Å². The fraction of sp³-hybridized carbons (Fsp3) is 0.455. The minimum atomic E-state index is -0.880. The van der Waals surface area contributed by atoms with Crippen LogP contribution in [0.5, 0.6) is 0 Å². The molecule has 0 aliphatic heterocycles. The molecule has 7 nitrogen and oxygen atoms in total. The van der Waals surface area contributed by atoms with E-state index in [0.29, 0.717) is 11.5 Å². The Hall–Kier alpha value is -2.18. The van der Waals surface area contributed by atoms with Gasteiger partial charge in [0.1, 0.15) is 18.2 Å². The maximum Gasteiger partial charge on any atom is 0.326 e. The molecule has 2 aromatic rings. The van der Waals surface area contributed by atoms with Gasteiger partial charge in [-0.3, -0.25) is 9.38 Å². The molecule has 18 heavy (non-hydrogen) atoms. The average Bonchev–Trinajstić information content (AvgIpc) is 2.83. The minimum Gasteiger partial charge on any atom is -0.480 e. The van der Waals surface area contributed by atoms with Crippen molar-refractivity contribution < 1.29 is 9.90 Å². The molecule has 0 amide bonds. The lowest BCUT2D eigenvalue weighted by atomic mass is 9.99. The van der Waals surface area contributed by atoms with Crippen LogP contribution >= 0.6 is 0 Å². The molecule has 2 N–H and O–H groups in total. The summed E-state index contributed by atoms with van der Waals surface area (Å²) in [5, 5.41) is 19.8. The third-order valence-corrected chi connectivity index (χ3v) is 3.00. The molecule has 7 heteroatoms. The van der Waals surface area contributed by atoms with Crippen LogP contribution in [0.25, 0.3) is 5.65 Å². The van der Waals surface area contributed by atoms with Gasteiger partial charge in [-0.05, 0) is 5.92 Å². The summed E-state index contributed by atoms with van der Waals surface area (Å²) in [6.45, 7) is 3.85. The van der Waals surface area contributed by atoms with Crippen molar-refractivity contribution in [2.45, 2.75) is 26.3 Å². The van der Waals surface area contributed by atoms with E-state index >= 15 is 0 Å². The first kappa shape index (κ1) is 12.3. The van der Waals surface area contributed by atoms with Gasteiger partial charge in [-0.2, -0.15) is 0 Å². The first-order valence-electron chi connectivity index (χ1n) is 5.76. The monoisotopic (exact) mass is 249 g/mol. The summed E-state index contributed by atoms with van der Waals surface area (Å²) >= 11 is 0. The molecular weight excluding hydrogens is 234 g/mol. The lowest BCUT2D eigenvalue weighted by Gasteiger charge is -2.21. The van der Waals surface area contributed by atoms with Crippen LogP contribution in [0.2, 0.25) is 0 Å². The number of anilines is 1. The molecule has 0 spiro atoms. The van der Waals surface area contributed by atoms with Crippen molar-refractivity contribution in [3.63, 3.8) is 0 Å². The second-order valence-electron chi connectivity index (χ2n) is 4.20. The van der Waals surface area contributed by atoms with Gasteiger partial charge in [0.15, 0.2) is 5.65 Å². The normalized spacial score (nSPS) is 14.3. The Morgan fingerprint density at radius 3 is 3.00 bits per heavy atom. The molecule has 2 heterocycles. The smallest absolute Gasteiger partial charge is 0.326 e. The zero-order valence-electron chi connectivity index (χ0n) is 10.2. The largest absolute Gasteiger partial charge is 0.480 e. The second-order valence-corrected chi connectivity index (χ2v) is 4.20. The van der Waals surface area contributed by atoms with Gasteiger partial charge in [-0.15, -0.1) is 10.2 Å². The summed E-state index contributed by atoms with van der Waals surface area (Å²) in [4.78, 5) is 15.3. The standard InChI is InChI=1S/C11H15N5O2/c1-3-7(2)10(11(17)18)14-8-4-12-5-9-15-13-6-16(8)9/h4-7,10,14H,3H2,1-2H3,(H,17,18)/t7-,10-/m0/s1. The molecule has 2 rings (SSSR count). The predicted molar refractivity (Wildman–Crippen MR) is 65.3 cm³/mol. The highest BCUT2D eigenvalue weighted by Crippen LogP contribution is 2.15. The van der Waals surface area contributed by atoms with E-state index in [-0.39, 0.29) is 5.92 Å². The molecule has 96 valence electrons. The van der Waals surface area contributed by atoms with E-state index in [0.717, 1.165) is 6.42 Å². The first-order chi connectivity index (χ1) is 8.63. The molecule has 0 unspecified atom stereocenters. The molecule has 0 aliphatic carbocycles. The number of nitrogens with one attached hydrogen (secondary N) is 1. The zero-order valence-corrected chi connectivity index (χ0v) is 10.2. The molecule has 0 aromatic carbocycles. The van der Waals surface area contributed by atoms with E-state index in [4.69, 9.17) is 0 Å². The average molecular weight is 249 g/mol. The van der Waals surface area contributed by atoms with Gasteiger partial charge in [0.25, 0.3) is 0 Å². The van der Waals surface area contributed by atoms with Gasteiger partial charge in [0.2, 0.25) is 0 Å². The van der Waals surface area contributed by atoms with Gasteiger partial charge in [0, 0.05) is 0 Å². The van der Waals surface area contributed by atoms with Gasteiger partial charge in [-0.25, -0.2) is 4.79 Å². The molecule has 2 aromatic heterocycles. The summed E-state index contributed by atoms with van der Waals surface area (Å²) in [6, 6.07) is -0.662. The first-order valence-corrected chi connectivity index (χ1v) is 5.76. The van der Waals surface area contributed by atoms with Crippen LogP contribution < -0.4 is 5.32 Å². The number of carboxylic acid groups (broad SMARTS) is 1. The van der Waals surface area contributed by atoms with E-state index in [9.17, 15) is 9.90 Å². The van der Waals surface area contributed by atoms with E-state index in [1.165, 1.54) is 6.33 Å². The summed E-state index contributed by atoms with van der Waals surface area (Å²) < 4.78 is 1.67. The van der Waals surface area contributed by atoms with Crippen LogP contribution in [0.1, 0.15) is 20.3 Å². The van der Waals surface area contributed by atoms with Gasteiger partial charge < -0.3 is 10.4 Å². The number of fused-ring (bicyclic) bond motifs is 1. The predicted octanol–water partition coefficient (Wildman–Crippen LogP) is 1.04. The van der Waals surface area contributed by atoms with Crippen LogP contribution in [-0.4, -0.2) is 36.7 Å². The maximum absolute atomic E-state index is 11.3. The molecule has 0 fully saturated rings. The van der Waals surface area contributed by atoms with Gasteiger partial charge in [-0.1, -0.05) is 20.3 Å². The fourth-order valence-electron chi connectivity index (χ4n) is 1.70. The van der Waals surface area contributed by atoms with Crippen molar-refractivity contribution in [2.24, 2.45) is 5.92 Å². The topological polar surface area (TPSA) is 92.4 Å². The lowest BCUT2D eigenvalue weighted by molar-refractivity contribution is -0.139. The van der Waals surface area contributed by atoms with E-state index < -0.39 is 12.0 Å². The fourth-order valence-corrected chi connectivity index (χ4v) is 1.70. The van der Waals surface area contributed by atoms with Crippen LogP contribution in [0.15, 0.2) is 18.7 Å². The van der Waals surface area contributed by atoms with Gasteiger partial charge in [0.05, 0.1) is 12.4 Å². The van der Waals surface area contributed by atoms with Crippen LogP contribution in [-0.2, 0) is 4.79 Å². The molecule has 0 saturated carbocycles. The Balaban J connectivity index is 2.31. The summed E-state index contributed by atoms with van der Waals surface area (Å²) in [7, 11) is 0. The number of rotatable bonds is 5. The quantitative estimate of drug-likeness (QED) is 0.822. The van der Waals surface area contributed by atoms with E-state index in [1.54, 1.807) is 16.8 Å². The molecular formula is C11H15N5O2. The van der Waals surface area contributed by atoms with Crippen molar-refractivity contribution in [3.8, 4) is 0 Å². The summed E-state index contributed by atoms with van der Waals surface area (Å²) in [5.74, 6) is -0.297. The van der Waals surface area contributed by atoms with Crippen LogP contribution in [0.4, 0.5) is 5.82 Å². The highest BCUT2D eigenvalue weighted by atomic mass is 16.4. The summed E-state index contributed by atoms with van der Waals surface area (Å²) in [5.41, 5.74) is 0.577. The lowest BCUT2D eigenvalue weighted by Crippen LogP contribution is -2.36. The van der Waals surface area contributed by atoms with Crippen molar-refractivity contribution in [3.05, 3.63) is 18.7 Å². The molecule has 0 aliphatic rings. The highest BCUT2D eigenvalue weighted by Gasteiger charge is 2.24. The molecule has 0 bridgehead atoms. The maximum atomic E-state index is 11.3. The third kappa shape index (κ3) is 2.24. The van der Waals surface area contributed by atoms with Crippen molar-refractivity contribution in [1.29, 1.82) is 0 Å². The highest BCUT2D eigenvalue weighted by molar-refractivity contribution is 5.77. The van der Waals surface area contributed by atoms with Crippen molar-refractivity contribution in [1.82, 2.24) is 19.6 Å². The van der Waals surface area contributed by atoms with Crippen molar-refractivity contribution >= 4 is 17.4 Å². The Kier molecular flexibility index (Phi) is 3.40. The number of hydrogen-bond acceptors (Lipinski definition) is 5. The van der Waals surface area contributed by atoms with E-state index in [1.807, 2.05) is 13.8 Å². The van der Waals surface area contributed by atoms with E-state index in [2.05, 4.69) is 20.5 Å². The summed E-state index contributed by atoms with van der Waals surface area (Å²) in [6.07, 6.45) is 5.43. The molecule has 2 atom stereocenters. The van der Waals surface area contributed by atoms with Gasteiger partial charge >= 0.3 is 5.97 Å². The number of hydrogen-bond donors (Lipinski definition) is 2. The zero-order chi connectivity index (χ0) is 13.1. The number of aromatic nitrogens is 4. The third-order valence-electron chi connectivity index (χ3n) is 3.00. The Morgan fingerprint density at radius 1 is 1.56 bits per heavy atom. The second kappa shape index (κ2) is 4.99. The Labute approximate surface area is 104 Å². The Morgan fingerprint density at radius 2 is 2.33 bits per heavy atom. The Bertz CT molecular complexity index is 553.